The average molecular weight is 337 g/mol. The quantitative estimate of drug-likeness (QED) is 0.880. The van der Waals surface area contributed by atoms with Crippen molar-refractivity contribution in [1.82, 2.24) is 4.90 Å². The van der Waals surface area contributed by atoms with Crippen LogP contribution in [0, 0.1) is 6.92 Å². The maximum absolute atomic E-state index is 12.1. The molecule has 0 saturated carbocycles. The Kier molecular flexibility index (Phi) is 5.33. The maximum Gasteiger partial charge on any atom is 0.323 e. The molecule has 1 aliphatic heterocycles. The van der Waals surface area contributed by atoms with Gasteiger partial charge >= 0.3 is 6.03 Å². The van der Waals surface area contributed by atoms with Crippen LogP contribution in [0.25, 0.3) is 0 Å². The highest BCUT2D eigenvalue weighted by molar-refractivity contribution is 5.99. The molecule has 3 amide bonds. The summed E-state index contributed by atoms with van der Waals surface area (Å²) in [6, 6.07) is 15.0. The van der Waals surface area contributed by atoms with Crippen LogP contribution in [0.4, 0.5) is 16.2 Å². The number of hydrogen-bond donors (Lipinski definition) is 2. The van der Waals surface area contributed by atoms with Crippen LogP contribution in [-0.2, 0) is 11.3 Å². The number of nitrogens with one attached hydrogen (secondary N) is 2. The number of aryl methyl sites for hydroxylation is 1. The lowest BCUT2D eigenvalue weighted by atomic mass is 10.1. The average Bonchev–Trinajstić information content (AvgIpc) is 2.59. The third-order valence-electron chi connectivity index (χ3n) is 4.29. The first-order chi connectivity index (χ1) is 12.1. The Bertz CT molecular complexity index is 756. The molecule has 0 atom stereocenters. The van der Waals surface area contributed by atoms with E-state index in [2.05, 4.69) is 10.6 Å². The number of benzene rings is 2. The predicted octanol–water partition coefficient (Wildman–Crippen LogP) is 4.15. The minimum atomic E-state index is -0.282. The molecule has 0 aromatic heterocycles. The van der Waals surface area contributed by atoms with Gasteiger partial charge < -0.3 is 15.5 Å². The van der Waals surface area contributed by atoms with E-state index < -0.39 is 0 Å². The number of rotatable bonds is 4. The van der Waals surface area contributed by atoms with Gasteiger partial charge in [-0.1, -0.05) is 29.8 Å². The molecule has 130 valence electrons. The zero-order valence-electron chi connectivity index (χ0n) is 14.4. The third-order valence-corrected chi connectivity index (χ3v) is 4.29. The molecule has 3 rings (SSSR count). The fraction of sp³-hybridized carbons (Fsp3) is 0.300. The van der Waals surface area contributed by atoms with Gasteiger partial charge in [0.15, 0.2) is 0 Å². The second-order valence-electron chi connectivity index (χ2n) is 6.42. The summed E-state index contributed by atoms with van der Waals surface area (Å²) in [5.74, 6) is 0.210. The number of hydrogen-bond acceptors (Lipinski definition) is 2. The van der Waals surface area contributed by atoms with Gasteiger partial charge in [-0.2, -0.15) is 0 Å². The van der Waals surface area contributed by atoms with E-state index in [0.29, 0.717) is 18.7 Å². The van der Waals surface area contributed by atoms with Crippen LogP contribution < -0.4 is 10.6 Å². The number of amides is 3. The molecule has 1 aliphatic rings. The van der Waals surface area contributed by atoms with E-state index in [0.717, 1.165) is 36.2 Å². The first kappa shape index (κ1) is 17.0. The number of carbonyl (C=O) groups excluding carboxylic acids is 2. The molecule has 1 heterocycles. The van der Waals surface area contributed by atoms with Gasteiger partial charge in [-0.15, -0.1) is 0 Å². The minimum Gasteiger partial charge on any atom is -0.338 e. The normalized spacial score (nSPS) is 14.3. The Hall–Kier alpha value is -2.82. The van der Waals surface area contributed by atoms with Crippen LogP contribution in [0.15, 0.2) is 48.5 Å². The van der Waals surface area contributed by atoms with Crippen LogP contribution in [0.3, 0.4) is 0 Å². The van der Waals surface area contributed by atoms with Crippen molar-refractivity contribution >= 4 is 23.3 Å². The van der Waals surface area contributed by atoms with Crippen molar-refractivity contribution in [3.8, 4) is 0 Å². The summed E-state index contributed by atoms with van der Waals surface area (Å²) >= 11 is 0. The Balaban J connectivity index is 1.60. The standard InChI is InChI=1S/C20H23N3O2/c1-15-8-10-17(11-9-15)21-20(25)22-18-6-4-5-16(13-18)14-23-12-3-2-7-19(23)24/h4-6,8-11,13H,2-3,7,12,14H2,1H3,(H2,21,22,25). The molecule has 0 unspecified atom stereocenters. The monoisotopic (exact) mass is 337 g/mol. The molecule has 25 heavy (non-hydrogen) atoms. The fourth-order valence-electron chi connectivity index (χ4n) is 2.93. The van der Waals surface area contributed by atoms with Crippen molar-refractivity contribution < 1.29 is 9.59 Å². The zero-order chi connectivity index (χ0) is 17.6. The Morgan fingerprint density at radius 1 is 1.04 bits per heavy atom. The summed E-state index contributed by atoms with van der Waals surface area (Å²) in [4.78, 5) is 26.0. The van der Waals surface area contributed by atoms with Crippen LogP contribution in [0.1, 0.15) is 30.4 Å². The molecule has 1 fully saturated rings. The lowest BCUT2D eigenvalue weighted by Crippen LogP contribution is -2.34. The molecule has 2 aromatic carbocycles. The van der Waals surface area contributed by atoms with Crippen molar-refractivity contribution in [2.24, 2.45) is 0 Å². The van der Waals surface area contributed by atoms with Gasteiger partial charge in [-0.3, -0.25) is 4.79 Å². The van der Waals surface area contributed by atoms with E-state index in [-0.39, 0.29) is 11.9 Å². The second-order valence-corrected chi connectivity index (χ2v) is 6.42. The van der Waals surface area contributed by atoms with Gasteiger partial charge in [-0.05, 0) is 49.6 Å². The molecule has 0 radical (unpaired) electrons. The molecule has 5 nitrogen and oxygen atoms in total. The smallest absolute Gasteiger partial charge is 0.323 e. The number of anilines is 2. The van der Waals surface area contributed by atoms with Gasteiger partial charge in [0.05, 0.1) is 0 Å². The van der Waals surface area contributed by atoms with E-state index >= 15 is 0 Å². The topological polar surface area (TPSA) is 61.4 Å². The van der Waals surface area contributed by atoms with Crippen molar-refractivity contribution in [2.45, 2.75) is 32.7 Å². The first-order valence-corrected chi connectivity index (χ1v) is 8.61. The van der Waals surface area contributed by atoms with Crippen molar-refractivity contribution in [3.05, 3.63) is 59.7 Å². The highest BCUT2D eigenvalue weighted by atomic mass is 16.2. The Morgan fingerprint density at radius 3 is 2.56 bits per heavy atom. The molecule has 2 N–H and O–H groups in total. The number of nitrogens with zero attached hydrogens (tertiary/aromatic N) is 1. The number of likely N-dealkylation sites (tertiary alicyclic amines) is 1. The lowest BCUT2D eigenvalue weighted by molar-refractivity contribution is -0.133. The summed E-state index contributed by atoms with van der Waals surface area (Å²) in [5.41, 5.74) is 3.62. The Labute approximate surface area is 148 Å². The summed E-state index contributed by atoms with van der Waals surface area (Å²) in [7, 11) is 0. The van der Waals surface area contributed by atoms with E-state index in [1.165, 1.54) is 0 Å². The number of piperidine rings is 1. The highest BCUT2D eigenvalue weighted by Gasteiger charge is 2.18. The zero-order valence-corrected chi connectivity index (χ0v) is 14.4. The lowest BCUT2D eigenvalue weighted by Gasteiger charge is -2.26. The van der Waals surface area contributed by atoms with Gasteiger partial charge in [-0.25, -0.2) is 4.79 Å². The van der Waals surface area contributed by atoms with Crippen molar-refractivity contribution in [3.63, 3.8) is 0 Å². The van der Waals surface area contributed by atoms with E-state index in [9.17, 15) is 9.59 Å². The maximum atomic E-state index is 12.1. The summed E-state index contributed by atoms with van der Waals surface area (Å²) in [6.45, 7) is 3.40. The predicted molar refractivity (Wildman–Crippen MR) is 99.5 cm³/mol. The Morgan fingerprint density at radius 2 is 1.80 bits per heavy atom. The minimum absolute atomic E-state index is 0.210. The van der Waals surface area contributed by atoms with Crippen LogP contribution in [0.2, 0.25) is 0 Å². The highest BCUT2D eigenvalue weighted by Crippen LogP contribution is 2.17. The molecule has 0 aliphatic carbocycles. The van der Waals surface area contributed by atoms with Gasteiger partial charge in [0.1, 0.15) is 0 Å². The van der Waals surface area contributed by atoms with E-state index in [1.54, 1.807) is 0 Å². The van der Waals surface area contributed by atoms with E-state index in [4.69, 9.17) is 0 Å². The number of carbonyl (C=O) groups is 2. The third kappa shape index (κ3) is 4.83. The summed E-state index contributed by atoms with van der Waals surface area (Å²) in [5, 5.41) is 5.65. The van der Waals surface area contributed by atoms with Crippen LogP contribution >= 0.6 is 0 Å². The molecule has 1 saturated heterocycles. The van der Waals surface area contributed by atoms with Crippen molar-refractivity contribution in [1.29, 1.82) is 0 Å². The molecule has 0 bridgehead atoms. The van der Waals surface area contributed by atoms with E-state index in [1.807, 2.05) is 60.4 Å². The largest absolute Gasteiger partial charge is 0.338 e. The molecule has 0 spiro atoms. The first-order valence-electron chi connectivity index (χ1n) is 8.61. The fourth-order valence-corrected chi connectivity index (χ4v) is 2.93. The molecule has 2 aromatic rings. The second kappa shape index (κ2) is 7.83. The van der Waals surface area contributed by atoms with Crippen LogP contribution in [-0.4, -0.2) is 23.4 Å². The van der Waals surface area contributed by atoms with Crippen molar-refractivity contribution in [2.75, 3.05) is 17.2 Å². The molecular formula is C20H23N3O2. The summed E-state index contributed by atoms with van der Waals surface area (Å²) in [6.07, 6.45) is 2.68. The number of urea groups is 1. The summed E-state index contributed by atoms with van der Waals surface area (Å²) < 4.78 is 0. The van der Waals surface area contributed by atoms with Gasteiger partial charge in [0.2, 0.25) is 5.91 Å². The molecular weight excluding hydrogens is 314 g/mol. The molecule has 5 heteroatoms. The SMILES string of the molecule is Cc1ccc(NC(=O)Nc2cccc(CN3CCCCC3=O)c2)cc1. The van der Waals surface area contributed by atoms with Gasteiger partial charge in [0, 0.05) is 30.9 Å². The van der Waals surface area contributed by atoms with Gasteiger partial charge in [0.25, 0.3) is 0 Å². The van der Waals surface area contributed by atoms with Crippen LogP contribution in [0.5, 0.6) is 0 Å².